The molecule has 0 saturated heterocycles. The molecule has 2 aromatic carbocycles. The Bertz CT molecular complexity index is 838. The molecule has 0 unspecified atom stereocenters. The lowest BCUT2D eigenvalue weighted by Crippen LogP contribution is -2.30. The Kier molecular flexibility index (Phi) is 5.42. The summed E-state index contributed by atoms with van der Waals surface area (Å²) >= 11 is 12.2. The lowest BCUT2D eigenvalue weighted by atomic mass is 10.3. The van der Waals surface area contributed by atoms with Gasteiger partial charge in [-0.1, -0.05) is 29.0 Å². The van der Waals surface area contributed by atoms with Crippen LogP contribution < -0.4 is 10.9 Å². The van der Waals surface area contributed by atoms with Gasteiger partial charge in [0.15, 0.2) is 0 Å². The molecule has 2 N–H and O–H groups in total. The molecule has 1 amide bonds. The van der Waals surface area contributed by atoms with Crippen LogP contribution in [-0.4, -0.2) is 16.6 Å². The van der Waals surface area contributed by atoms with Crippen LogP contribution in [0.5, 0.6) is 0 Å². The van der Waals surface area contributed by atoms with Crippen LogP contribution in [0.15, 0.2) is 51.8 Å². The van der Waals surface area contributed by atoms with Crippen molar-refractivity contribution >= 4 is 71.9 Å². The van der Waals surface area contributed by atoms with Gasteiger partial charge >= 0.3 is 0 Å². The lowest BCUT2D eigenvalue weighted by Gasteiger charge is -2.05. The second-order valence-electron chi connectivity index (χ2n) is 4.52. The number of fused-ring (bicyclic) bond motifs is 1. The minimum absolute atomic E-state index is 0.122. The van der Waals surface area contributed by atoms with E-state index < -0.39 is 0 Å². The summed E-state index contributed by atoms with van der Waals surface area (Å²) in [5.74, 6) is 0.187. The SMILES string of the molecule is O=C(CSc1ccc(Cl)cc1)NNc1nc2c(Br)cccc2s1. The first-order chi connectivity index (χ1) is 11.1. The van der Waals surface area contributed by atoms with Crippen LogP contribution in [0.3, 0.4) is 0 Å². The summed E-state index contributed by atoms with van der Waals surface area (Å²) in [5.41, 5.74) is 6.40. The predicted octanol–water partition coefficient (Wildman–Crippen LogP) is 4.95. The minimum Gasteiger partial charge on any atom is -0.273 e. The monoisotopic (exact) mass is 427 g/mol. The molecule has 0 aliphatic rings. The van der Waals surface area contributed by atoms with Gasteiger partial charge in [0.1, 0.15) is 0 Å². The molecule has 0 fully saturated rings. The fraction of sp³-hybridized carbons (Fsp3) is 0.0667. The number of nitrogens with zero attached hydrogens (tertiary/aromatic N) is 1. The molecule has 1 aromatic heterocycles. The van der Waals surface area contributed by atoms with Gasteiger partial charge < -0.3 is 0 Å². The highest BCUT2D eigenvalue weighted by molar-refractivity contribution is 9.10. The Hall–Kier alpha value is -1.28. The van der Waals surface area contributed by atoms with E-state index >= 15 is 0 Å². The first-order valence-electron chi connectivity index (χ1n) is 6.60. The van der Waals surface area contributed by atoms with Crippen molar-refractivity contribution < 1.29 is 4.79 Å². The van der Waals surface area contributed by atoms with Crippen LogP contribution in [-0.2, 0) is 4.79 Å². The number of thiazole rings is 1. The molecule has 0 spiro atoms. The molecule has 0 aliphatic heterocycles. The zero-order valence-corrected chi connectivity index (χ0v) is 15.7. The first kappa shape index (κ1) is 16.6. The summed E-state index contributed by atoms with van der Waals surface area (Å²) in [5, 5.41) is 1.33. The number of thioether (sulfide) groups is 1. The third-order valence-corrected chi connectivity index (χ3v) is 5.70. The van der Waals surface area contributed by atoms with Crippen LogP contribution in [0.1, 0.15) is 0 Å². The predicted molar refractivity (Wildman–Crippen MR) is 101 cm³/mol. The van der Waals surface area contributed by atoms with Crippen LogP contribution >= 0.6 is 50.6 Å². The van der Waals surface area contributed by atoms with Crippen LogP contribution in [0.4, 0.5) is 5.13 Å². The van der Waals surface area contributed by atoms with Gasteiger partial charge in [-0.05, 0) is 52.3 Å². The second kappa shape index (κ2) is 7.53. The molecule has 4 nitrogen and oxygen atoms in total. The Balaban J connectivity index is 1.53. The van der Waals surface area contributed by atoms with E-state index in [1.807, 2.05) is 30.3 Å². The third kappa shape index (κ3) is 4.38. The second-order valence-corrected chi connectivity index (χ2v) is 7.89. The Morgan fingerprint density at radius 2 is 2.04 bits per heavy atom. The normalized spacial score (nSPS) is 10.7. The molecule has 0 atom stereocenters. The Morgan fingerprint density at radius 1 is 1.26 bits per heavy atom. The number of hydrogen-bond acceptors (Lipinski definition) is 5. The molecule has 8 heteroatoms. The highest BCUT2D eigenvalue weighted by Crippen LogP contribution is 2.30. The highest BCUT2D eigenvalue weighted by atomic mass is 79.9. The molecule has 3 aromatic rings. The number of rotatable bonds is 5. The van der Waals surface area contributed by atoms with E-state index in [0.717, 1.165) is 19.6 Å². The van der Waals surface area contributed by atoms with E-state index in [-0.39, 0.29) is 5.91 Å². The van der Waals surface area contributed by atoms with Crippen molar-refractivity contribution in [2.45, 2.75) is 4.90 Å². The molecular weight excluding hydrogens is 418 g/mol. The molecule has 0 aliphatic carbocycles. The van der Waals surface area contributed by atoms with Crippen LogP contribution in [0.25, 0.3) is 10.2 Å². The van der Waals surface area contributed by atoms with Crippen molar-refractivity contribution in [2.24, 2.45) is 0 Å². The van der Waals surface area contributed by atoms with Gasteiger partial charge in [0.05, 0.1) is 16.0 Å². The minimum atomic E-state index is -0.122. The fourth-order valence-electron chi connectivity index (χ4n) is 1.81. The molecule has 118 valence electrons. The van der Waals surface area contributed by atoms with Crippen LogP contribution in [0.2, 0.25) is 5.02 Å². The summed E-state index contributed by atoms with van der Waals surface area (Å²) in [6.45, 7) is 0. The average Bonchev–Trinajstić information content (AvgIpc) is 2.97. The number of hydrazine groups is 1. The van der Waals surface area contributed by atoms with E-state index in [9.17, 15) is 4.79 Å². The lowest BCUT2D eigenvalue weighted by molar-refractivity contribution is -0.118. The van der Waals surface area contributed by atoms with Gasteiger partial charge in [-0.15, -0.1) is 11.8 Å². The molecule has 0 bridgehead atoms. The van der Waals surface area contributed by atoms with Crippen molar-refractivity contribution in [1.29, 1.82) is 0 Å². The van der Waals surface area contributed by atoms with Gasteiger partial charge in [-0.2, -0.15) is 0 Å². The summed E-state index contributed by atoms with van der Waals surface area (Å²) in [6.07, 6.45) is 0. The number of halogens is 2. The molecule has 0 radical (unpaired) electrons. The van der Waals surface area contributed by atoms with E-state index in [0.29, 0.717) is 15.9 Å². The number of aromatic nitrogens is 1. The number of anilines is 1. The topological polar surface area (TPSA) is 54.0 Å². The van der Waals surface area contributed by atoms with E-state index in [1.54, 1.807) is 12.1 Å². The van der Waals surface area contributed by atoms with Crippen molar-refractivity contribution in [3.8, 4) is 0 Å². The molecular formula is C15H11BrClN3OS2. The Morgan fingerprint density at radius 3 is 2.78 bits per heavy atom. The zero-order valence-electron chi connectivity index (χ0n) is 11.7. The molecule has 1 heterocycles. The number of para-hydroxylation sites is 1. The average molecular weight is 429 g/mol. The number of carbonyl (C=O) groups is 1. The van der Waals surface area contributed by atoms with Crippen molar-refractivity contribution in [3.05, 3.63) is 52.0 Å². The van der Waals surface area contributed by atoms with Crippen molar-refractivity contribution in [1.82, 2.24) is 10.4 Å². The number of nitrogens with one attached hydrogen (secondary N) is 2. The number of amides is 1. The first-order valence-corrected chi connectivity index (χ1v) is 9.57. The van der Waals surface area contributed by atoms with Gasteiger partial charge in [-0.3, -0.25) is 15.6 Å². The summed E-state index contributed by atoms with van der Waals surface area (Å²) in [4.78, 5) is 17.3. The number of benzene rings is 2. The highest BCUT2D eigenvalue weighted by Gasteiger charge is 2.08. The molecule has 23 heavy (non-hydrogen) atoms. The largest absolute Gasteiger partial charge is 0.273 e. The zero-order chi connectivity index (χ0) is 16.2. The maximum Gasteiger partial charge on any atom is 0.248 e. The van der Waals surface area contributed by atoms with Gasteiger partial charge in [0.2, 0.25) is 11.0 Å². The number of carbonyl (C=O) groups excluding carboxylic acids is 1. The summed E-state index contributed by atoms with van der Waals surface area (Å²) in [6, 6.07) is 13.3. The molecule has 0 saturated carbocycles. The maximum atomic E-state index is 11.9. The summed E-state index contributed by atoms with van der Waals surface area (Å²) in [7, 11) is 0. The fourth-order valence-corrected chi connectivity index (χ4v) is 4.06. The summed E-state index contributed by atoms with van der Waals surface area (Å²) < 4.78 is 1.98. The van der Waals surface area contributed by atoms with E-state index in [1.165, 1.54) is 23.1 Å². The third-order valence-electron chi connectivity index (χ3n) is 2.86. The van der Waals surface area contributed by atoms with Gasteiger partial charge in [-0.25, -0.2) is 4.98 Å². The number of hydrogen-bond donors (Lipinski definition) is 2. The van der Waals surface area contributed by atoms with E-state index in [2.05, 4.69) is 31.8 Å². The van der Waals surface area contributed by atoms with E-state index in [4.69, 9.17) is 11.6 Å². The van der Waals surface area contributed by atoms with Crippen LogP contribution in [0, 0.1) is 0 Å². The molecule has 3 rings (SSSR count). The van der Waals surface area contributed by atoms with Crippen molar-refractivity contribution in [2.75, 3.05) is 11.2 Å². The quantitative estimate of drug-likeness (QED) is 0.446. The van der Waals surface area contributed by atoms with Gasteiger partial charge in [0, 0.05) is 14.4 Å². The van der Waals surface area contributed by atoms with Gasteiger partial charge in [0.25, 0.3) is 0 Å². The standard InChI is InChI=1S/C15H11BrClN3OS2/c16-11-2-1-3-12-14(11)18-15(23-12)20-19-13(21)8-22-10-6-4-9(17)5-7-10/h1-7H,8H2,(H,18,20)(H,19,21). The Labute approximate surface area is 154 Å². The smallest absolute Gasteiger partial charge is 0.248 e. The van der Waals surface area contributed by atoms with Crippen molar-refractivity contribution in [3.63, 3.8) is 0 Å². The maximum absolute atomic E-state index is 11.9.